The number of hydrogen-bond donors (Lipinski definition) is 1. The van der Waals surface area contributed by atoms with Crippen molar-refractivity contribution in [1.82, 2.24) is 19.9 Å². The summed E-state index contributed by atoms with van der Waals surface area (Å²) in [5, 5.41) is 3.06. The fourth-order valence-electron chi connectivity index (χ4n) is 5.95. The fourth-order valence-corrected chi connectivity index (χ4v) is 5.95. The van der Waals surface area contributed by atoms with Crippen LogP contribution >= 0.6 is 0 Å². The Labute approximate surface area is 268 Å². The monoisotopic (exact) mass is 598 g/mol. The highest BCUT2D eigenvalue weighted by Crippen LogP contribution is 2.31. The fraction of sp³-hybridized carbons (Fsp3) is 0.125. The molecule has 0 saturated heterocycles. The molecule has 4 aromatic carbocycles. The van der Waals surface area contributed by atoms with Crippen LogP contribution in [0, 0.1) is 13.8 Å². The van der Waals surface area contributed by atoms with Gasteiger partial charge in [-0.15, -0.1) is 0 Å². The van der Waals surface area contributed by atoms with Crippen molar-refractivity contribution in [3.05, 3.63) is 143 Å². The van der Waals surface area contributed by atoms with Crippen LogP contribution < -0.4 is 5.73 Å². The standard InChI is InChI=1S/C40H34N6/c1-4-27-16-17-28-20-22-31(43-36(28)35(27)45-39(41)33-14-7-5-10-25(33)2)12-9-13-32-23-21-29-18-19-30-24-42-40(46-38(30)37(29)44-32)34-15-8-6-11-26(34)3/h4-8,10-11,14-24H,1,9,12-13H2,2-3H3,(H2,41,45). The Morgan fingerprint density at radius 3 is 2.04 bits per heavy atom. The van der Waals surface area contributed by atoms with Crippen molar-refractivity contribution in [2.45, 2.75) is 33.1 Å². The average Bonchev–Trinajstić information content (AvgIpc) is 3.08. The molecule has 0 amide bonds. The van der Waals surface area contributed by atoms with Crippen LogP contribution in [-0.4, -0.2) is 25.8 Å². The molecule has 3 aromatic heterocycles. The van der Waals surface area contributed by atoms with Gasteiger partial charge >= 0.3 is 0 Å². The molecule has 0 atom stereocenters. The Kier molecular flexibility index (Phi) is 7.77. The lowest BCUT2D eigenvalue weighted by Gasteiger charge is -2.11. The van der Waals surface area contributed by atoms with Gasteiger partial charge in [0.2, 0.25) is 0 Å². The van der Waals surface area contributed by atoms with E-state index in [1.807, 2.05) is 61.7 Å². The van der Waals surface area contributed by atoms with Gasteiger partial charge in [-0.2, -0.15) is 0 Å². The van der Waals surface area contributed by atoms with Gasteiger partial charge < -0.3 is 5.73 Å². The van der Waals surface area contributed by atoms with Crippen molar-refractivity contribution < 1.29 is 0 Å². The molecule has 0 bridgehead atoms. The molecular weight excluding hydrogens is 564 g/mol. The molecule has 0 saturated carbocycles. The number of benzene rings is 4. The zero-order valence-electron chi connectivity index (χ0n) is 26.0. The van der Waals surface area contributed by atoms with Crippen LogP contribution in [0.15, 0.2) is 115 Å². The first-order chi connectivity index (χ1) is 22.5. The molecule has 6 heteroatoms. The minimum atomic E-state index is 0.465. The predicted octanol–water partition coefficient (Wildman–Crippen LogP) is 8.87. The number of aliphatic imine (C=N–C) groups is 1. The summed E-state index contributed by atoms with van der Waals surface area (Å²) in [4.78, 5) is 24.7. The molecule has 224 valence electrons. The van der Waals surface area contributed by atoms with Crippen molar-refractivity contribution in [3.63, 3.8) is 0 Å². The third kappa shape index (κ3) is 5.61. The van der Waals surface area contributed by atoms with E-state index in [4.69, 9.17) is 25.7 Å². The summed E-state index contributed by atoms with van der Waals surface area (Å²) in [5.41, 5.74) is 17.0. The van der Waals surface area contributed by atoms with Crippen molar-refractivity contribution in [2.75, 3.05) is 0 Å². The van der Waals surface area contributed by atoms with E-state index in [1.54, 1.807) is 0 Å². The van der Waals surface area contributed by atoms with E-state index in [9.17, 15) is 0 Å². The van der Waals surface area contributed by atoms with E-state index in [0.29, 0.717) is 5.84 Å². The number of nitrogens with two attached hydrogens (primary N) is 1. The maximum absolute atomic E-state index is 6.52. The van der Waals surface area contributed by atoms with E-state index in [-0.39, 0.29) is 0 Å². The molecule has 0 aliphatic carbocycles. The summed E-state index contributed by atoms with van der Waals surface area (Å²) in [6.07, 6.45) is 6.23. The van der Waals surface area contributed by atoms with E-state index in [1.165, 1.54) is 0 Å². The lowest BCUT2D eigenvalue weighted by Crippen LogP contribution is -2.14. The summed E-state index contributed by atoms with van der Waals surface area (Å²) in [7, 11) is 0. The molecule has 7 rings (SSSR count). The minimum Gasteiger partial charge on any atom is -0.383 e. The maximum Gasteiger partial charge on any atom is 0.160 e. The Bertz CT molecular complexity index is 2300. The molecule has 6 nitrogen and oxygen atoms in total. The highest BCUT2D eigenvalue weighted by Gasteiger charge is 2.12. The number of pyridine rings is 2. The van der Waals surface area contributed by atoms with Crippen LogP contribution in [0.25, 0.3) is 50.2 Å². The maximum atomic E-state index is 6.52. The second-order valence-electron chi connectivity index (χ2n) is 11.6. The third-order valence-corrected chi connectivity index (χ3v) is 8.52. The lowest BCUT2D eigenvalue weighted by atomic mass is 10.0. The number of rotatable bonds is 8. The van der Waals surface area contributed by atoms with Crippen LogP contribution in [0.5, 0.6) is 0 Å². The van der Waals surface area contributed by atoms with Crippen molar-refractivity contribution in [3.8, 4) is 11.4 Å². The normalized spacial score (nSPS) is 11.8. The Balaban J connectivity index is 1.16. The van der Waals surface area contributed by atoms with Crippen LogP contribution in [0.2, 0.25) is 0 Å². The van der Waals surface area contributed by atoms with E-state index >= 15 is 0 Å². The SMILES string of the molecule is C=Cc1ccc2ccc(CCCc3ccc4ccc5cnc(-c6ccccc6C)nc5c4n3)nc2c1N=C(N)c1ccccc1C. The van der Waals surface area contributed by atoms with Gasteiger partial charge in [-0.25, -0.2) is 15.0 Å². The first-order valence-electron chi connectivity index (χ1n) is 15.5. The van der Waals surface area contributed by atoms with Crippen molar-refractivity contribution in [2.24, 2.45) is 10.7 Å². The third-order valence-electron chi connectivity index (χ3n) is 8.52. The average molecular weight is 599 g/mol. The van der Waals surface area contributed by atoms with Gasteiger partial charge in [0.05, 0.1) is 16.7 Å². The lowest BCUT2D eigenvalue weighted by molar-refractivity contribution is 0.787. The van der Waals surface area contributed by atoms with Gasteiger partial charge in [0.1, 0.15) is 11.4 Å². The van der Waals surface area contributed by atoms with Crippen LogP contribution in [-0.2, 0) is 12.8 Å². The van der Waals surface area contributed by atoms with E-state index in [0.717, 1.165) is 103 Å². The summed E-state index contributed by atoms with van der Waals surface area (Å²) in [5.74, 6) is 1.18. The number of aromatic nitrogens is 4. The molecule has 0 spiro atoms. The Hall–Kier alpha value is -5.75. The zero-order valence-corrected chi connectivity index (χ0v) is 26.0. The van der Waals surface area contributed by atoms with Gasteiger partial charge in [0.25, 0.3) is 0 Å². The van der Waals surface area contributed by atoms with Crippen molar-refractivity contribution in [1.29, 1.82) is 0 Å². The van der Waals surface area contributed by atoms with Crippen LogP contribution in [0.4, 0.5) is 5.69 Å². The number of aryl methyl sites for hydroxylation is 4. The first-order valence-corrected chi connectivity index (χ1v) is 15.5. The van der Waals surface area contributed by atoms with Gasteiger partial charge in [-0.1, -0.05) is 97.6 Å². The summed E-state index contributed by atoms with van der Waals surface area (Å²) in [6, 6.07) is 32.9. The predicted molar refractivity (Wildman–Crippen MR) is 190 cm³/mol. The highest BCUT2D eigenvalue weighted by atomic mass is 14.9. The molecule has 0 radical (unpaired) electrons. The first kappa shape index (κ1) is 29.0. The van der Waals surface area contributed by atoms with Crippen LogP contribution in [0.3, 0.4) is 0 Å². The van der Waals surface area contributed by atoms with Gasteiger partial charge in [-0.05, 0) is 56.4 Å². The summed E-state index contributed by atoms with van der Waals surface area (Å²) >= 11 is 0. The highest BCUT2D eigenvalue weighted by molar-refractivity contribution is 6.04. The number of fused-ring (bicyclic) bond motifs is 4. The molecule has 0 aliphatic rings. The molecule has 2 N–H and O–H groups in total. The van der Waals surface area contributed by atoms with E-state index in [2.05, 4.69) is 73.1 Å². The Morgan fingerprint density at radius 2 is 1.30 bits per heavy atom. The molecule has 0 unspecified atom stereocenters. The summed E-state index contributed by atoms with van der Waals surface area (Å²) < 4.78 is 0. The largest absolute Gasteiger partial charge is 0.383 e. The molecule has 7 aromatic rings. The quantitative estimate of drug-likeness (QED) is 0.107. The number of nitrogens with zero attached hydrogens (tertiary/aromatic N) is 5. The van der Waals surface area contributed by atoms with Crippen LogP contribution in [0.1, 0.15) is 40.1 Å². The molecular formula is C40H34N6. The summed E-state index contributed by atoms with van der Waals surface area (Å²) in [6.45, 7) is 8.13. The molecule has 46 heavy (non-hydrogen) atoms. The molecule has 0 aliphatic heterocycles. The second-order valence-corrected chi connectivity index (χ2v) is 11.6. The zero-order chi connectivity index (χ0) is 31.6. The molecule has 0 fully saturated rings. The van der Waals surface area contributed by atoms with E-state index < -0.39 is 0 Å². The number of hydrogen-bond acceptors (Lipinski definition) is 5. The smallest absolute Gasteiger partial charge is 0.160 e. The van der Waals surface area contributed by atoms with Gasteiger partial charge in [0, 0.05) is 50.4 Å². The number of amidine groups is 1. The minimum absolute atomic E-state index is 0.465. The molecule has 3 heterocycles. The topological polar surface area (TPSA) is 89.9 Å². The van der Waals surface area contributed by atoms with Gasteiger partial charge in [-0.3, -0.25) is 9.97 Å². The second kappa shape index (κ2) is 12.3. The van der Waals surface area contributed by atoms with Crippen molar-refractivity contribution >= 4 is 50.3 Å². The van der Waals surface area contributed by atoms with Gasteiger partial charge in [0.15, 0.2) is 5.82 Å². The Morgan fingerprint density at radius 1 is 0.696 bits per heavy atom.